The van der Waals surface area contributed by atoms with Crippen molar-refractivity contribution in [3.8, 4) is 5.75 Å². The molecule has 7 rings (SSSR count). The van der Waals surface area contributed by atoms with Crippen molar-refractivity contribution in [2.45, 2.75) is 91.1 Å². The average Bonchev–Trinajstić information content (AvgIpc) is 3.12. The van der Waals surface area contributed by atoms with Gasteiger partial charge in [0.25, 0.3) is 0 Å². The van der Waals surface area contributed by atoms with Gasteiger partial charge in [0.05, 0.1) is 12.1 Å². The molecule has 2 bridgehead atoms. The van der Waals surface area contributed by atoms with Crippen molar-refractivity contribution in [1.82, 2.24) is 4.98 Å². The summed E-state index contributed by atoms with van der Waals surface area (Å²) in [7, 11) is 0. The zero-order valence-corrected chi connectivity index (χ0v) is 21.5. The number of hydrogen-bond donors (Lipinski definition) is 4. The molecule has 6 atom stereocenters. The van der Waals surface area contributed by atoms with Crippen LogP contribution in [0.1, 0.15) is 94.5 Å². The van der Waals surface area contributed by atoms with E-state index in [9.17, 15) is 15.3 Å². The summed E-state index contributed by atoms with van der Waals surface area (Å²) in [6.07, 6.45) is 9.43. The second-order valence-electron chi connectivity index (χ2n) is 12.9. The lowest BCUT2D eigenvalue weighted by Gasteiger charge is -2.67. The van der Waals surface area contributed by atoms with Crippen LogP contribution in [0.25, 0.3) is 10.9 Å². The van der Waals surface area contributed by atoms with E-state index in [-0.39, 0.29) is 35.4 Å². The number of phenolic OH excluding ortho intramolecular Hbond substituents is 1. The van der Waals surface area contributed by atoms with Gasteiger partial charge in [-0.25, -0.2) is 0 Å². The maximum atomic E-state index is 11.5. The van der Waals surface area contributed by atoms with Gasteiger partial charge in [0.1, 0.15) is 5.75 Å². The minimum Gasteiger partial charge on any atom is -0.508 e. The van der Waals surface area contributed by atoms with Gasteiger partial charge in [-0.15, -0.1) is 0 Å². The van der Waals surface area contributed by atoms with Gasteiger partial charge in [0.15, 0.2) is 0 Å². The molecule has 2 saturated carbocycles. The number of allylic oxidation sites excluding steroid dienone is 2. The summed E-state index contributed by atoms with van der Waals surface area (Å²) in [5.41, 5.74) is 7.04. The Morgan fingerprint density at radius 2 is 1.88 bits per heavy atom. The number of rotatable bonds is 3. The fourth-order valence-corrected chi connectivity index (χ4v) is 9.65. The van der Waals surface area contributed by atoms with Crippen molar-refractivity contribution in [3.63, 3.8) is 0 Å². The van der Waals surface area contributed by atoms with Crippen LogP contribution in [0.5, 0.6) is 5.75 Å². The molecule has 0 unspecified atom stereocenters. The summed E-state index contributed by atoms with van der Waals surface area (Å²) in [6, 6.07) is 1.91. The van der Waals surface area contributed by atoms with Crippen molar-refractivity contribution in [3.05, 3.63) is 40.1 Å². The third-order valence-corrected chi connectivity index (χ3v) is 11.1. The lowest BCUT2D eigenvalue weighted by Crippen LogP contribution is -2.61. The van der Waals surface area contributed by atoms with Crippen molar-refractivity contribution in [2.75, 3.05) is 6.61 Å². The number of nitrogens with one attached hydrogen (secondary N) is 1. The number of aromatic nitrogens is 1. The summed E-state index contributed by atoms with van der Waals surface area (Å²) in [6.45, 7) is 11.7. The van der Waals surface area contributed by atoms with E-state index in [0.717, 1.165) is 53.4 Å². The molecule has 1 spiro atoms. The van der Waals surface area contributed by atoms with Gasteiger partial charge in [0, 0.05) is 40.1 Å². The quantitative estimate of drug-likeness (QED) is 0.409. The second kappa shape index (κ2) is 7.13. The molecular formula is C30H41NO3. The fraction of sp³-hybridized carbons (Fsp3) is 0.667. The highest BCUT2D eigenvalue weighted by molar-refractivity contribution is 5.92. The number of aryl methyl sites for hydroxylation is 1. The summed E-state index contributed by atoms with van der Waals surface area (Å²) in [5, 5.41) is 33.0. The van der Waals surface area contributed by atoms with Crippen LogP contribution in [0.3, 0.4) is 0 Å². The number of aromatic amines is 1. The Kier molecular flexibility index (Phi) is 4.76. The Morgan fingerprint density at radius 1 is 1.12 bits per heavy atom. The maximum absolute atomic E-state index is 11.5. The largest absolute Gasteiger partial charge is 0.508 e. The predicted molar refractivity (Wildman–Crippen MR) is 136 cm³/mol. The van der Waals surface area contributed by atoms with Gasteiger partial charge < -0.3 is 20.3 Å². The van der Waals surface area contributed by atoms with Gasteiger partial charge in [-0.3, -0.25) is 0 Å². The molecule has 5 aliphatic carbocycles. The van der Waals surface area contributed by atoms with Gasteiger partial charge in [-0.2, -0.15) is 0 Å². The molecular weight excluding hydrogens is 422 g/mol. The van der Waals surface area contributed by atoms with Crippen LogP contribution < -0.4 is 0 Å². The SMILES string of the molecule is Cc1[nH]c2c3c(c(O)cc2c1CO)[C@H]1C[C@@H]2[C@@]4(C)CCC[C@@](C)(CO)[C@@H]4CC[C@@]32C=C1C(C)C. The smallest absolute Gasteiger partial charge is 0.120 e. The first-order chi connectivity index (χ1) is 16.1. The van der Waals surface area contributed by atoms with Crippen LogP contribution >= 0.6 is 0 Å². The first-order valence-corrected chi connectivity index (χ1v) is 13.4. The zero-order valence-electron chi connectivity index (χ0n) is 21.5. The molecule has 4 nitrogen and oxygen atoms in total. The van der Waals surface area contributed by atoms with E-state index in [2.05, 4.69) is 38.8 Å². The van der Waals surface area contributed by atoms with Gasteiger partial charge in [0.2, 0.25) is 0 Å². The first kappa shape index (κ1) is 22.7. The second-order valence-corrected chi connectivity index (χ2v) is 12.9. The molecule has 184 valence electrons. The molecule has 1 aromatic carbocycles. The lowest BCUT2D eigenvalue weighted by atomic mass is 9.37. The third-order valence-electron chi connectivity index (χ3n) is 11.1. The number of aromatic hydroxyl groups is 1. The third kappa shape index (κ3) is 2.57. The molecule has 4 heteroatoms. The van der Waals surface area contributed by atoms with Crippen LogP contribution in [-0.2, 0) is 12.0 Å². The van der Waals surface area contributed by atoms with Gasteiger partial charge in [-0.1, -0.05) is 45.8 Å². The lowest BCUT2D eigenvalue weighted by molar-refractivity contribution is -0.129. The van der Waals surface area contributed by atoms with E-state index in [1.54, 1.807) is 0 Å². The molecule has 2 aromatic rings. The summed E-state index contributed by atoms with van der Waals surface area (Å²) < 4.78 is 0. The predicted octanol–water partition coefficient (Wildman–Crippen LogP) is 6.21. The van der Waals surface area contributed by atoms with Crippen LogP contribution in [-0.4, -0.2) is 26.9 Å². The van der Waals surface area contributed by atoms with Crippen molar-refractivity contribution in [2.24, 2.45) is 28.6 Å². The zero-order chi connectivity index (χ0) is 24.2. The highest BCUT2D eigenvalue weighted by atomic mass is 16.3. The molecule has 0 amide bonds. The van der Waals surface area contributed by atoms with E-state index in [0.29, 0.717) is 23.5 Å². The standard InChI is InChI=1S/C30H41NO3/c1-16(2)20-13-30-10-7-23-28(4,15-33)8-6-9-29(23,5)24(30)12-18(20)25-22(34)11-19-21(14-32)17(3)31-27(19)26(25)30/h11,13,16,18,23-24,31-34H,6-10,12,14-15H2,1-5H3/t18-,23-,24+,28-,29-,30-/m0/s1. The minimum absolute atomic E-state index is 0.0000506. The Morgan fingerprint density at radius 3 is 2.56 bits per heavy atom. The van der Waals surface area contributed by atoms with Gasteiger partial charge in [-0.05, 0) is 79.2 Å². The Balaban J connectivity index is 1.65. The summed E-state index contributed by atoms with van der Waals surface area (Å²) in [4.78, 5) is 3.66. The van der Waals surface area contributed by atoms with E-state index >= 15 is 0 Å². The van der Waals surface area contributed by atoms with E-state index in [4.69, 9.17) is 0 Å². The molecule has 0 saturated heterocycles. The maximum Gasteiger partial charge on any atom is 0.120 e. The number of aliphatic hydroxyl groups excluding tert-OH is 2. The highest BCUT2D eigenvalue weighted by Gasteiger charge is 2.65. The van der Waals surface area contributed by atoms with Crippen LogP contribution in [0, 0.1) is 35.5 Å². The van der Waals surface area contributed by atoms with Crippen molar-refractivity contribution in [1.29, 1.82) is 0 Å². The number of aliphatic hydroxyl groups is 2. The highest BCUT2D eigenvalue weighted by Crippen LogP contribution is 2.72. The van der Waals surface area contributed by atoms with Gasteiger partial charge >= 0.3 is 0 Å². The molecule has 1 aromatic heterocycles. The van der Waals surface area contributed by atoms with Crippen molar-refractivity contribution >= 4 is 10.9 Å². The monoisotopic (exact) mass is 463 g/mol. The average molecular weight is 464 g/mol. The molecule has 1 heterocycles. The molecule has 4 N–H and O–H groups in total. The number of fused-ring (bicyclic) bond motifs is 2. The normalized spacial score (nSPS) is 38.6. The Labute approximate surface area is 203 Å². The number of hydrogen-bond acceptors (Lipinski definition) is 3. The Bertz CT molecular complexity index is 1210. The fourth-order valence-electron chi connectivity index (χ4n) is 9.65. The van der Waals surface area contributed by atoms with Crippen LogP contribution in [0.4, 0.5) is 0 Å². The summed E-state index contributed by atoms with van der Waals surface area (Å²) in [5.74, 6) is 2.12. The minimum atomic E-state index is -0.107. The van der Waals surface area contributed by atoms with E-state index in [1.165, 1.54) is 24.0 Å². The van der Waals surface area contributed by atoms with Crippen LogP contribution in [0.15, 0.2) is 17.7 Å². The molecule has 5 aliphatic rings. The van der Waals surface area contributed by atoms with Crippen molar-refractivity contribution < 1.29 is 15.3 Å². The topological polar surface area (TPSA) is 76.5 Å². The van der Waals surface area contributed by atoms with E-state index in [1.807, 2.05) is 13.0 Å². The summed E-state index contributed by atoms with van der Waals surface area (Å²) >= 11 is 0. The van der Waals surface area contributed by atoms with E-state index < -0.39 is 0 Å². The molecule has 0 aliphatic heterocycles. The number of benzene rings is 1. The number of phenols is 1. The first-order valence-electron chi connectivity index (χ1n) is 13.4. The molecule has 34 heavy (non-hydrogen) atoms. The molecule has 0 radical (unpaired) electrons. The Hall–Kier alpha value is -1.78. The van der Waals surface area contributed by atoms with Crippen LogP contribution in [0.2, 0.25) is 0 Å². The molecule has 2 fully saturated rings. The number of H-pyrrole nitrogens is 1.